The predicted octanol–water partition coefficient (Wildman–Crippen LogP) is 3.21. The molecule has 0 bridgehead atoms. The molecule has 6 heteroatoms. The van der Waals surface area contributed by atoms with Crippen LogP contribution in [0.5, 0.6) is 5.75 Å². The van der Waals surface area contributed by atoms with Gasteiger partial charge in [-0.25, -0.2) is 0 Å². The zero-order chi connectivity index (χ0) is 13.1. The summed E-state index contributed by atoms with van der Waals surface area (Å²) >= 11 is 0. The number of esters is 1. The fourth-order valence-electron chi connectivity index (χ4n) is 1.28. The molecule has 0 saturated heterocycles. The Morgan fingerprint density at radius 1 is 1.35 bits per heavy atom. The molecule has 0 fully saturated rings. The van der Waals surface area contributed by atoms with Crippen LogP contribution in [0.2, 0.25) is 0 Å². The Balaban J connectivity index is 2.82. The van der Waals surface area contributed by atoms with E-state index in [-0.39, 0.29) is 5.75 Å². The lowest BCUT2D eigenvalue weighted by atomic mass is 10.1. The first-order valence-corrected chi connectivity index (χ1v) is 4.81. The number of carbonyl (C=O) groups is 1. The molecule has 0 heterocycles. The molecule has 1 unspecified atom stereocenters. The number of benzene rings is 1. The monoisotopic (exact) mass is 248 g/mol. The van der Waals surface area contributed by atoms with Gasteiger partial charge in [0.25, 0.3) is 0 Å². The van der Waals surface area contributed by atoms with E-state index >= 15 is 0 Å². The van der Waals surface area contributed by atoms with Gasteiger partial charge in [-0.3, -0.25) is 4.79 Å². The molecule has 0 spiro atoms. The van der Waals surface area contributed by atoms with Crippen LogP contribution in [-0.4, -0.2) is 12.3 Å². The highest BCUT2D eigenvalue weighted by atomic mass is 19.4. The third-order valence-electron chi connectivity index (χ3n) is 1.90. The maximum absolute atomic E-state index is 12.0. The van der Waals surface area contributed by atoms with Gasteiger partial charge < -0.3 is 9.47 Å². The van der Waals surface area contributed by atoms with Crippen LogP contribution >= 0.6 is 0 Å². The third kappa shape index (κ3) is 4.76. The summed E-state index contributed by atoms with van der Waals surface area (Å²) in [4.78, 5) is 10.7. The quantitative estimate of drug-likeness (QED) is 0.770. The van der Waals surface area contributed by atoms with E-state index in [1.807, 2.05) is 0 Å². The van der Waals surface area contributed by atoms with Gasteiger partial charge in [0, 0.05) is 6.92 Å². The summed E-state index contributed by atoms with van der Waals surface area (Å²) in [5, 5.41) is 0. The highest BCUT2D eigenvalue weighted by Crippen LogP contribution is 2.26. The molecule has 1 atom stereocenters. The van der Waals surface area contributed by atoms with Gasteiger partial charge in [0.1, 0.15) is 11.9 Å². The van der Waals surface area contributed by atoms with Crippen LogP contribution in [0.1, 0.15) is 25.5 Å². The van der Waals surface area contributed by atoms with E-state index < -0.39 is 18.4 Å². The normalized spacial score (nSPS) is 13.0. The third-order valence-corrected chi connectivity index (χ3v) is 1.90. The van der Waals surface area contributed by atoms with Crippen molar-refractivity contribution >= 4 is 5.97 Å². The van der Waals surface area contributed by atoms with Crippen LogP contribution < -0.4 is 4.74 Å². The van der Waals surface area contributed by atoms with Gasteiger partial charge in [0.15, 0.2) is 0 Å². The number of carbonyl (C=O) groups excluding carboxylic acids is 1. The fraction of sp³-hybridized carbons (Fsp3) is 0.364. The molecular formula is C11H11F3O3. The van der Waals surface area contributed by atoms with E-state index in [1.54, 1.807) is 13.0 Å². The van der Waals surface area contributed by atoms with Gasteiger partial charge in [-0.2, -0.15) is 0 Å². The molecule has 0 aliphatic rings. The summed E-state index contributed by atoms with van der Waals surface area (Å²) in [6.07, 6.45) is -5.35. The maximum Gasteiger partial charge on any atom is 0.573 e. The van der Waals surface area contributed by atoms with Crippen molar-refractivity contribution in [2.75, 3.05) is 0 Å². The molecule has 3 nitrogen and oxygen atoms in total. The SMILES string of the molecule is CC(=O)OC(C)c1cccc(OC(F)(F)F)c1. The lowest BCUT2D eigenvalue weighted by Gasteiger charge is -2.14. The van der Waals surface area contributed by atoms with Crippen molar-refractivity contribution in [3.63, 3.8) is 0 Å². The molecule has 0 radical (unpaired) electrons. The van der Waals surface area contributed by atoms with E-state index in [2.05, 4.69) is 4.74 Å². The second kappa shape index (κ2) is 5.07. The van der Waals surface area contributed by atoms with Crippen molar-refractivity contribution in [3.05, 3.63) is 29.8 Å². The summed E-state index contributed by atoms with van der Waals surface area (Å²) in [7, 11) is 0. The summed E-state index contributed by atoms with van der Waals surface area (Å²) in [5.74, 6) is -0.839. The van der Waals surface area contributed by atoms with E-state index in [4.69, 9.17) is 4.74 Å². The fourth-order valence-corrected chi connectivity index (χ4v) is 1.28. The number of alkyl halides is 3. The van der Waals surface area contributed by atoms with Crippen LogP contribution in [-0.2, 0) is 9.53 Å². The molecule has 0 N–H and O–H groups in total. The van der Waals surface area contributed by atoms with Crippen molar-refractivity contribution in [1.82, 2.24) is 0 Å². The zero-order valence-electron chi connectivity index (χ0n) is 9.25. The Kier molecular flexibility index (Phi) is 3.98. The largest absolute Gasteiger partial charge is 0.573 e. The Morgan fingerprint density at radius 2 is 2.00 bits per heavy atom. The molecule has 0 amide bonds. The van der Waals surface area contributed by atoms with E-state index in [1.165, 1.54) is 25.1 Å². The van der Waals surface area contributed by atoms with Crippen LogP contribution in [0, 0.1) is 0 Å². The molecule has 1 aromatic rings. The number of hydrogen-bond acceptors (Lipinski definition) is 3. The Bertz CT molecular complexity index is 401. The number of halogens is 3. The number of ether oxygens (including phenoxy) is 2. The molecular weight excluding hydrogens is 237 g/mol. The molecule has 17 heavy (non-hydrogen) atoms. The summed E-state index contributed by atoms with van der Waals surface area (Å²) in [6.45, 7) is 2.79. The van der Waals surface area contributed by atoms with Crippen LogP contribution in [0.3, 0.4) is 0 Å². The van der Waals surface area contributed by atoms with Crippen LogP contribution in [0.15, 0.2) is 24.3 Å². The molecule has 1 rings (SSSR count). The Morgan fingerprint density at radius 3 is 2.53 bits per heavy atom. The van der Waals surface area contributed by atoms with E-state index in [0.717, 1.165) is 0 Å². The summed E-state index contributed by atoms with van der Waals surface area (Å²) < 4.78 is 44.5. The van der Waals surface area contributed by atoms with E-state index in [9.17, 15) is 18.0 Å². The first kappa shape index (κ1) is 13.3. The van der Waals surface area contributed by atoms with Crippen LogP contribution in [0.25, 0.3) is 0 Å². The molecule has 1 aromatic carbocycles. The minimum absolute atomic E-state index is 0.339. The minimum Gasteiger partial charge on any atom is -0.458 e. The average molecular weight is 248 g/mol. The Hall–Kier alpha value is -1.72. The minimum atomic E-state index is -4.73. The van der Waals surface area contributed by atoms with Gasteiger partial charge in [-0.1, -0.05) is 12.1 Å². The Labute approximate surface area is 96.1 Å². The summed E-state index contributed by atoms with van der Waals surface area (Å²) in [6, 6.07) is 5.31. The van der Waals surface area contributed by atoms with Crippen molar-refractivity contribution in [3.8, 4) is 5.75 Å². The van der Waals surface area contributed by atoms with Crippen molar-refractivity contribution in [1.29, 1.82) is 0 Å². The first-order valence-electron chi connectivity index (χ1n) is 4.81. The second-order valence-corrected chi connectivity index (χ2v) is 3.37. The molecule has 0 aliphatic carbocycles. The topological polar surface area (TPSA) is 35.5 Å². The van der Waals surface area contributed by atoms with Crippen molar-refractivity contribution in [2.45, 2.75) is 26.3 Å². The van der Waals surface area contributed by atoms with Crippen molar-refractivity contribution < 1.29 is 27.4 Å². The molecule has 0 aliphatic heterocycles. The average Bonchev–Trinajstić information content (AvgIpc) is 2.14. The van der Waals surface area contributed by atoms with E-state index in [0.29, 0.717) is 5.56 Å². The maximum atomic E-state index is 12.0. The molecule has 0 saturated carbocycles. The first-order chi connectivity index (χ1) is 7.78. The summed E-state index contributed by atoms with van der Waals surface area (Å²) in [5.41, 5.74) is 0.432. The van der Waals surface area contributed by atoms with Crippen molar-refractivity contribution in [2.24, 2.45) is 0 Å². The van der Waals surface area contributed by atoms with Gasteiger partial charge in [-0.05, 0) is 24.6 Å². The van der Waals surface area contributed by atoms with Gasteiger partial charge in [-0.15, -0.1) is 13.2 Å². The number of hydrogen-bond donors (Lipinski definition) is 0. The van der Waals surface area contributed by atoms with Gasteiger partial charge >= 0.3 is 12.3 Å². The highest BCUT2D eigenvalue weighted by molar-refractivity contribution is 5.66. The second-order valence-electron chi connectivity index (χ2n) is 3.37. The smallest absolute Gasteiger partial charge is 0.458 e. The zero-order valence-corrected chi connectivity index (χ0v) is 9.25. The molecule has 0 aromatic heterocycles. The predicted molar refractivity (Wildman–Crippen MR) is 53.3 cm³/mol. The van der Waals surface area contributed by atoms with Gasteiger partial charge in [0.2, 0.25) is 0 Å². The highest BCUT2D eigenvalue weighted by Gasteiger charge is 2.31. The standard InChI is InChI=1S/C11H11F3O3/c1-7(16-8(2)15)9-4-3-5-10(6-9)17-11(12,13)14/h3-7H,1-2H3. The molecule has 94 valence electrons. The lowest BCUT2D eigenvalue weighted by molar-refractivity contribution is -0.274. The number of rotatable bonds is 3. The van der Waals surface area contributed by atoms with Crippen LogP contribution in [0.4, 0.5) is 13.2 Å². The lowest BCUT2D eigenvalue weighted by Crippen LogP contribution is -2.17. The van der Waals surface area contributed by atoms with Gasteiger partial charge in [0.05, 0.1) is 0 Å².